The van der Waals surface area contributed by atoms with Crippen LogP contribution in [0.1, 0.15) is 15.9 Å². The van der Waals surface area contributed by atoms with Crippen LogP contribution in [0.3, 0.4) is 0 Å². The van der Waals surface area contributed by atoms with Crippen LogP contribution in [-0.2, 0) is 16.0 Å². The summed E-state index contributed by atoms with van der Waals surface area (Å²) in [6, 6.07) is 5.42. The molecule has 0 amide bonds. The number of esters is 1. The molecule has 1 aromatic rings. The smallest absolute Gasteiger partial charge is 0.337 e. The first-order chi connectivity index (χ1) is 8.19. The van der Waals surface area contributed by atoms with Gasteiger partial charge in [-0.15, -0.1) is 0 Å². The monoisotopic (exact) mass is 301 g/mol. The summed E-state index contributed by atoms with van der Waals surface area (Å²) in [5.41, 5.74) is 1.63. The van der Waals surface area contributed by atoms with Crippen molar-refractivity contribution >= 4 is 21.9 Å². The minimum Gasteiger partial charge on any atom is -0.465 e. The molecule has 0 atom stereocenters. The molecule has 0 aliphatic carbocycles. The fourth-order valence-electron chi connectivity index (χ4n) is 1.33. The van der Waals surface area contributed by atoms with E-state index in [9.17, 15) is 4.79 Å². The predicted molar refractivity (Wildman–Crippen MR) is 69.1 cm³/mol. The SMILES string of the molecule is COCCNCc1ccc(C(=O)OC)cc1Br. The largest absolute Gasteiger partial charge is 0.465 e. The van der Waals surface area contributed by atoms with Gasteiger partial charge in [-0.3, -0.25) is 0 Å². The fraction of sp³-hybridized carbons (Fsp3) is 0.417. The molecule has 0 spiro atoms. The first-order valence-corrected chi connectivity index (χ1v) is 6.04. The zero-order chi connectivity index (χ0) is 12.7. The van der Waals surface area contributed by atoms with Crippen molar-refractivity contribution < 1.29 is 14.3 Å². The van der Waals surface area contributed by atoms with Gasteiger partial charge in [0.15, 0.2) is 0 Å². The number of carbonyl (C=O) groups is 1. The van der Waals surface area contributed by atoms with Crippen molar-refractivity contribution in [3.63, 3.8) is 0 Å². The van der Waals surface area contributed by atoms with E-state index in [1.165, 1.54) is 7.11 Å². The van der Waals surface area contributed by atoms with Crippen molar-refractivity contribution in [3.05, 3.63) is 33.8 Å². The molecular formula is C12H16BrNO3. The van der Waals surface area contributed by atoms with E-state index in [2.05, 4.69) is 26.0 Å². The third-order valence-corrected chi connectivity index (χ3v) is 3.01. The number of ether oxygens (including phenoxy) is 2. The van der Waals surface area contributed by atoms with Crippen molar-refractivity contribution in [1.29, 1.82) is 0 Å². The van der Waals surface area contributed by atoms with Crippen molar-refractivity contribution in [3.8, 4) is 0 Å². The number of methoxy groups -OCH3 is 2. The number of hydrogen-bond acceptors (Lipinski definition) is 4. The van der Waals surface area contributed by atoms with Crippen LogP contribution in [0.4, 0.5) is 0 Å². The third-order valence-electron chi connectivity index (χ3n) is 2.27. The molecule has 1 N–H and O–H groups in total. The van der Waals surface area contributed by atoms with E-state index in [4.69, 9.17) is 4.74 Å². The van der Waals surface area contributed by atoms with Crippen LogP contribution >= 0.6 is 15.9 Å². The predicted octanol–water partition coefficient (Wildman–Crippen LogP) is 1.97. The maximum absolute atomic E-state index is 11.3. The lowest BCUT2D eigenvalue weighted by molar-refractivity contribution is 0.0600. The Morgan fingerprint density at radius 1 is 1.41 bits per heavy atom. The summed E-state index contributed by atoms with van der Waals surface area (Å²) in [7, 11) is 3.04. The van der Waals surface area contributed by atoms with Crippen molar-refractivity contribution in [2.24, 2.45) is 0 Å². The Bertz CT molecular complexity index is 382. The van der Waals surface area contributed by atoms with Gasteiger partial charge in [-0.25, -0.2) is 4.79 Å². The minimum atomic E-state index is -0.329. The molecule has 0 saturated carbocycles. The van der Waals surface area contributed by atoms with E-state index in [1.54, 1.807) is 19.2 Å². The van der Waals surface area contributed by atoms with Gasteiger partial charge in [-0.05, 0) is 17.7 Å². The Labute approximate surface area is 109 Å². The highest BCUT2D eigenvalue weighted by molar-refractivity contribution is 9.10. The van der Waals surface area contributed by atoms with E-state index >= 15 is 0 Å². The van der Waals surface area contributed by atoms with Crippen LogP contribution in [0.25, 0.3) is 0 Å². The Balaban J connectivity index is 2.60. The van der Waals surface area contributed by atoms with Crippen molar-refractivity contribution in [1.82, 2.24) is 5.32 Å². The number of carbonyl (C=O) groups excluding carboxylic acids is 1. The van der Waals surface area contributed by atoms with Crippen LogP contribution in [0.5, 0.6) is 0 Å². The first-order valence-electron chi connectivity index (χ1n) is 5.25. The van der Waals surface area contributed by atoms with E-state index in [-0.39, 0.29) is 5.97 Å². The molecule has 0 heterocycles. The maximum Gasteiger partial charge on any atom is 0.337 e. The maximum atomic E-state index is 11.3. The molecule has 5 heteroatoms. The van der Waals surface area contributed by atoms with Gasteiger partial charge in [-0.2, -0.15) is 0 Å². The van der Waals surface area contributed by atoms with Gasteiger partial charge in [0.2, 0.25) is 0 Å². The molecule has 0 aliphatic heterocycles. The van der Waals surface area contributed by atoms with Gasteiger partial charge in [0.05, 0.1) is 19.3 Å². The summed E-state index contributed by atoms with van der Waals surface area (Å²) in [4.78, 5) is 11.3. The van der Waals surface area contributed by atoms with E-state index in [1.807, 2.05) is 6.07 Å². The highest BCUT2D eigenvalue weighted by Gasteiger charge is 2.07. The second kappa shape index (κ2) is 7.42. The topological polar surface area (TPSA) is 47.6 Å². The van der Waals surface area contributed by atoms with E-state index in [0.29, 0.717) is 12.2 Å². The zero-order valence-corrected chi connectivity index (χ0v) is 11.5. The minimum absolute atomic E-state index is 0.329. The number of halogens is 1. The normalized spacial score (nSPS) is 10.3. The number of nitrogens with one attached hydrogen (secondary N) is 1. The van der Waals surface area contributed by atoms with Crippen LogP contribution < -0.4 is 5.32 Å². The Hall–Kier alpha value is -0.910. The summed E-state index contributed by atoms with van der Waals surface area (Å²) in [6.45, 7) is 2.20. The molecule has 0 aromatic heterocycles. The standard InChI is InChI=1S/C12H16BrNO3/c1-16-6-5-14-8-10-4-3-9(7-11(10)13)12(15)17-2/h3-4,7,14H,5-6,8H2,1-2H3. The molecule has 0 unspecified atom stereocenters. The second-order valence-electron chi connectivity index (χ2n) is 3.47. The lowest BCUT2D eigenvalue weighted by atomic mass is 10.1. The molecule has 0 aliphatic rings. The molecule has 1 rings (SSSR count). The quantitative estimate of drug-likeness (QED) is 0.645. The van der Waals surface area contributed by atoms with Gasteiger partial charge in [0, 0.05) is 24.7 Å². The summed E-state index contributed by atoms with van der Waals surface area (Å²) in [6.07, 6.45) is 0. The number of rotatable bonds is 6. The van der Waals surface area contributed by atoms with Gasteiger partial charge >= 0.3 is 5.97 Å². The van der Waals surface area contributed by atoms with Crippen LogP contribution in [0.15, 0.2) is 22.7 Å². The van der Waals surface area contributed by atoms with Crippen LogP contribution in [0.2, 0.25) is 0 Å². The first kappa shape index (κ1) is 14.2. The third kappa shape index (κ3) is 4.46. The van der Waals surface area contributed by atoms with E-state index in [0.717, 1.165) is 23.1 Å². The van der Waals surface area contributed by atoms with Crippen LogP contribution in [-0.4, -0.2) is 33.3 Å². The average molecular weight is 302 g/mol. The average Bonchev–Trinajstić information content (AvgIpc) is 2.35. The molecule has 0 bridgehead atoms. The Kier molecular flexibility index (Phi) is 6.18. The highest BCUT2D eigenvalue weighted by Crippen LogP contribution is 2.19. The summed E-state index contributed by atoms with van der Waals surface area (Å²) in [5, 5.41) is 3.23. The lowest BCUT2D eigenvalue weighted by Gasteiger charge is -2.08. The molecule has 0 fully saturated rings. The van der Waals surface area contributed by atoms with E-state index < -0.39 is 0 Å². The van der Waals surface area contributed by atoms with Crippen LogP contribution in [0, 0.1) is 0 Å². The molecule has 0 radical (unpaired) electrons. The fourth-order valence-corrected chi connectivity index (χ4v) is 1.85. The number of benzene rings is 1. The highest BCUT2D eigenvalue weighted by atomic mass is 79.9. The van der Waals surface area contributed by atoms with Crippen molar-refractivity contribution in [2.75, 3.05) is 27.4 Å². The summed E-state index contributed by atoms with van der Waals surface area (Å²) < 4.78 is 10.5. The van der Waals surface area contributed by atoms with Gasteiger partial charge in [-0.1, -0.05) is 22.0 Å². The number of hydrogen-bond donors (Lipinski definition) is 1. The summed E-state index contributed by atoms with van der Waals surface area (Å²) >= 11 is 3.43. The molecule has 94 valence electrons. The lowest BCUT2D eigenvalue weighted by Crippen LogP contribution is -2.18. The summed E-state index contributed by atoms with van der Waals surface area (Å²) in [5.74, 6) is -0.329. The zero-order valence-electron chi connectivity index (χ0n) is 9.96. The Morgan fingerprint density at radius 2 is 2.18 bits per heavy atom. The molecule has 4 nitrogen and oxygen atoms in total. The molecule has 1 aromatic carbocycles. The second-order valence-corrected chi connectivity index (χ2v) is 4.32. The molecule has 17 heavy (non-hydrogen) atoms. The van der Waals surface area contributed by atoms with Gasteiger partial charge in [0.25, 0.3) is 0 Å². The molecule has 0 saturated heterocycles. The van der Waals surface area contributed by atoms with Gasteiger partial charge in [0.1, 0.15) is 0 Å². The van der Waals surface area contributed by atoms with Crippen molar-refractivity contribution in [2.45, 2.75) is 6.54 Å². The Morgan fingerprint density at radius 3 is 2.76 bits per heavy atom. The molecular weight excluding hydrogens is 286 g/mol. The van der Waals surface area contributed by atoms with Gasteiger partial charge < -0.3 is 14.8 Å².